The molecule has 1 fully saturated rings. The van der Waals surface area contributed by atoms with Crippen molar-refractivity contribution in [1.29, 1.82) is 0 Å². The summed E-state index contributed by atoms with van der Waals surface area (Å²) in [5, 5.41) is 0. The van der Waals surface area contributed by atoms with E-state index < -0.39 is 0 Å². The minimum atomic E-state index is -0.165. The molecule has 0 aliphatic carbocycles. The average molecular weight is 290 g/mol. The van der Waals surface area contributed by atoms with E-state index in [1.54, 1.807) is 4.90 Å². The predicted octanol–water partition coefficient (Wildman–Crippen LogP) is 3.13. The molecule has 1 amide bonds. The molecule has 0 atom stereocenters. The first kappa shape index (κ1) is 15.8. The van der Waals surface area contributed by atoms with Crippen molar-refractivity contribution in [1.82, 2.24) is 9.80 Å². The van der Waals surface area contributed by atoms with Crippen LogP contribution in [0.25, 0.3) is 0 Å². The van der Waals surface area contributed by atoms with Crippen molar-refractivity contribution in [3.8, 4) is 0 Å². The third-order valence-electron chi connectivity index (χ3n) is 4.07. The Morgan fingerprint density at radius 1 is 1.19 bits per heavy atom. The van der Waals surface area contributed by atoms with Crippen molar-refractivity contribution in [3.63, 3.8) is 0 Å². The summed E-state index contributed by atoms with van der Waals surface area (Å²) in [6.45, 7) is 8.35. The molecule has 0 aromatic heterocycles. The van der Waals surface area contributed by atoms with Gasteiger partial charge < -0.3 is 9.64 Å². The molecule has 4 nitrogen and oxygen atoms in total. The number of amides is 1. The Labute approximate surface area is 127 Å². The third-order valence-corrected chi connectivity index (χ3v) is 4.07. The van der Waals surface area contributed by atoms with Crippen molar-refractivity contribution < 1.29 is 9.53 Å². The molecule has 0 spiro atoms. The molecule has 1 saturated heterocycles. The SMILES string of the molecule is CCN(CC)C(=O)OC1CCN(Cc2ccccc2)CC1. The molecule has 4 heteroatoms. The van der Waals surface area contributed by atoms with Crippen LogP contribution in [0, 0.1) is 0 Å². The Bertz CT molecular complexity index is 424. The quantitative estimate of drug-likeness (QED) is 0.835. The molecule has 1 aromatic carbocycles. The standard InChI is InChI=1S/C17H26N2O2/c1-3-19(4-2)17(20)21-16-10-12-18(13-11-16)14-15-8-6-5-7-9-15/h5-9,16H,3-4,10-14H2,1-2H3. The van der Waals surface area contributed by atoms with Crippen LogP contribution in [0.5, 0.6) is 0 Å². The second-order valence-electron chi connectivity index (χ2n) is 5.52. The lowest BCUT2D eigenvalue weighted by Crippen LogP contribution is -2.40. The molecule has 1 aliphatic heterocycles. The monoisotopic (exact) mass is 290 g/mol. The summed E-state index contributed by atoms with van der Waals surface area (Å²) < 4.78 is 5.59. The molecule has 0 unspecified atom stereocenters. The van der Waals surface area contributed by atoms with Gasteiger partial charge in [-0.25, -0.2) is 4.79 Å². The van der Waals surface area contributed by atoms with Crippen molar-refractivity contribution >= 4 is 6.09 Å². The Kier molecular flexibility index (Phi) is 6.05. The molecule has 1 aromatic rings. The number of benzene rings is 1. The van der Waals surface area contributed by atoms with Gasteiger partial charge in [-0.3, -0.25) is 4.90 Å². The smallest absolute Gasteiger partial charge is 0.410 e. The van der Waals surface area contributed by atoms with E-state index in [9.17, 15) is 4.79 Å². The number of nitrogens with zero attached hydrogens (tertiary/aromatic N) is 2. The van der Waals surface area contributed by atoms with Crippen LogP contribution in [0.4, 0.5) is 4.79 Å². The maximum atomic E-state index is 11.9. The van der Waals surface area contributed by atoms with Crippen LogP contribution >= 0.6 is 0 Å². The Balaban J connectivity index is 1.74. The number of rotatable bonds is 5. The number of piperidine rings is 1. The maximum absolute atomic E-state index is 11.9. The van der Waals surface area contributed by atoms with Gasteiger partial charge in [0.1, 0.15) is 6.10 Å². The van der Waals surface area contributed by atoms with E-state index in [0.29, 0.717) is 13.1 Å². The van der Waals surface area contributed by atoms with Gasteiger partial charge in [-0.05, 0) is 32.3 Å². The lowest BCUT2D eigenvalue weighted by Gasteiger charge is -2.32. The topological polar surface area (TPSA) is 32.8 Å². The van der Waals surface area contributed by atoms with Crippen LogP contribution in [0.15, 0.2) is 30.3 Å². The molecular formula is C17H26N2O2. The van der Waals surface area contributed by atoms with Crippen LogP contribution in [-0.2, 0) is 11.3 Å². The van der Waals surface area contributed by atoms with Gasteiger partial charge in [0.15, 0.2) is 0 Å². The number of likely N-dealkylation sites (tertiary alicyclic amines) is 1. The lowest BCUT2D eigenvalue weighted by molar-refractivity contribution is 0.0286. The van der Waals surface area contributed by atoms with Gasteiger partial charge in [-0.2, -0.15) is 0 Å². The second-order valence-corrected chi connectivity index (χ2v) is 5.52. The van der Waals surface area contributed by atoms with E-state index in [1.165, 1.54) is 5.56 Å². The number of hydrogen-bond donors (Lipinski definition) is 0. The molecule has 0 N–H and O–H groups in total. The number of hydrogen-bond acceptors (Lipinski definition) is 3. The van der Waals surface area contributed by atoms with Gasteiger partial charge in [0.05, 0.1) is 0 Å². The molecule has 1 heterocycles. The molecule has 0 radical (unpaired) electrons. The molecule has 116 valence electrons. The summed E-state index contributed by atoms with van der Waals surface area (Å²) in [6, 6.07) is 10.5. The highest BCUT2D eigenvalue weighted by molar-refractivity contribution is 5.67. The predicted molar refractivity (Wildman–Crippen MR) is 84.1 cm³/mol. The van der Waals surface area contributed by atoms with Crippen molar-refractivity contribution in [2.75, 3.05) is 26.2 Å². The fourth-order valence-corrected chi connectivity index (χ4v) is 2.73. The maximum Gasteiger partial charge on any atom is 0.410 e. The van der Waals surface area contributed by atoms with Gasteiger partial charge in [-0.15, -0.1) is 0 Å². The highest BCUT2D eigenvalue weighted by Crippen LogP contribution is 2.17. The van der Waals surface area contributed by atoms with Gasteiger partial charge >= 0.3 is 6.09 Å². The van der Waals surface area contributed by atoms with Crippen molar-refractivity contribution in [2.45, 2.75) is 39.3 Å². The van der Waals surface area contributed by atoms with Crippen LogP contribution in [0.1, 0.15) is 32.3 Å². The zero-order valence-electron chi connectivity index (χ0n) is 13.1. The number of carbonyl (C=O) groups is 1. The van der Waals surface area contributed by atoms with Crippen LogP contribution in [-0.4, -0.2) is 48.2 Å². The average Bonchev–Trinajstić information content (AvgIpc) is 2.51. The summed E-state index contributed by atoms with van der Waals surface area (Å²) in [5.74, 6) is 0. The van der Waals surface area contributed by atoms with E-state index >= 15 is 0 Å². The minimum Gasteiger partial charge on any atom is -0.446 e. The molecule has 2 rings (SSSR count). The molecule has 0 saturated carbocycles. The minimum absolute atomic E-state index is 0.0742. The third kappa shape index (κ3) is 4.74. The first-order chi connectivity index (χ1) is 10.2. The molecule has 21 heavy (non-hydrogen) atoms. The zero-order chi connectivity index (χ0) is 15.1. The van der Waals surface area contributed by atoms with Crippen LogP contribution < -0.4 is 0 Å². The van der Waals surface area contributed by atoms with E-state index in [2.05, 4.69) is 29.2 Å². The molecular weight excluding hydrogens is 264 g/mol. The number of carbonyl (C=O) groups excluding carboxylic acids is 1. The fraction of sp³-hybridized carbons (Fsp3) is 0.588. The van der Waals surface area contributed by atoms with Gasteiger partial charge in [0, 0.05) is 32.7 Å². The van der Waals surface area contributed by atoms with E-state index in [-0.39, 0.29) is 12.2 Å². The van der Waals surface area contributed by atoms with Crippen LogP contribution in [0.3, 0.4) is 0 Å². The first-order valence-electron chi connectivity index (χ1n) is 7.94. The summed E-state index contributed by atoms with van der Waals surface area (Å²) in [7, 11) is 0. The van der Waals surface area contributed by atoms with Crippen LogP contribution in [0.2, 0.25) is 0 Å². The Hall–Kier alpha value is -1.55. The molecule has 1 aliphatic rings. The highest BCUT2D eigenvalue weighted by Gasteiger charge is 2.23. The fourth-order valence-electron chi connectivity index (χ4n) is 2.73. The van der Waals surface area contributed by atoms with Gasteiger partial charge in [0.2, 0.25) is 0 Å². The second kappa shape index (κ2) is 8.03. The highest BCUT2D eigenvalue weighted by atomic mass is 16.6. The largest absolute Gasteiger partial charge is 0.446 e. The summed E-state index contributed by atoms with van der Waals surface area (Å²) in [4.78, 5) is 16.1. The first-order valence-corrected chi connectivity index (χ1v) is 7.94. The van der Waals surface area contributed by atoms with E-state index in [4.69, 9.17) is 4.74 Å². The summed E-state index contributed by atoms with van der Waals surface area (Å²) >= 11 is 0. The summed E-state index contributed by atoms with van der Waals surface area (Å²) in [5.41, 5.74) is 1.34. The lowest BCUT2D eigenvalue weighted by atomic mass is 10.1. The van der Waals surface area contributed by atoms with E-state index in [1.807, 2.05) is 19.9 Å². The van der Waals surface area contributed by atoms with Gasteiger partial charge in [0.25, 0.3) is 0 Å². The van der Waals surface area contributed by atoms with Gasteiger partial charge in [-0.1, -0.05) is 30.3 Å². The Morgan fingerprint density at radius 2 is 1.81 bits per heavy atom. The number of ether oxygens (including phenoxy) is 1. The Morgan fingerprint density at radius 3 is 2.38 bits per heavy atom. The molecule has 0 bridgehead atoms. The van der Waals surface area contributed by atoms with E-state index in [0.717, 1.165) is 32.5 Å². The normalized spacial score (nSPS) is 16.7. The van der Waals surface area contributed by atoms with Crippen molar-refractivity contribution in [3.05, 3.63) is 35.9 Å². The zero-order valence-corrected chi connectivity index (χ0v) is 13.1. The van der Waals surface area contributed by atoms with Crippen molar-refractivity contribution in [2.24, 2.45) is 0 Å². The summed E-state index contributed by atoms with van der Waals surface area (Å²) in [6.07, 6.45) is 1.77.